The number of morpholine rings is 1. The molecule has 0 bridgehead atoms. The molecule has 0 aliphatic carbocycles. The van der Waals surface area contributed by atoms with Crippen molar-refractivity contribution < 1.29 is 9.53 Å². The highest BCUT2D eigenvalue weighted by Gasteiger charge is 2.24. The van der Waals surface area contributed by atoms with Crippen LogP contribution in [-0.2, 0) is 11.2 Å². The van der Waals surface area contributed by atoms with Crippen LogP contribution in [0.2, 0.25) is 0 Å². The molecule has 1 aromatic carbocycles. The lowest BCUT2D eigenvalue weighted by atomic mass is 10.1. The van der Waals surface area contributed by atoms with Gasteiger partial charge in [-0.1, -0.05) is 44.2 Å². The number of hydrogen-bond donors (Lipinski definition) is 2. The highest BCUT2D eigenvalue weighted by molar-refractivity contribution is 7.20. The number of ether oxygens (including phenoxy) is 1. The van der Waals surface area contributed by atoms with Crippen LogP contribution in [0.3, 0.4) is 0 Å². The maximum atomic E-state index is 12.9. The minimum atomic E-state index is -0.200. The number of rotatable bonds is 7. The summed E-state index contributed by atoms with van der Waals surface area (Å²) < 4.78 is 5.84. The topological polar surface area (TPSA) is 87.3 Å². The molecule has 1 fully saturated rings. The van der Waals surface area contributed by atoms with Gasteiger partial charge in [0.2, 0.25) is 0 Å². The van der Waals surface area contributed by atoms with Crippen molar-refractivity contribution in [2.24, 2.45) is 5.92 Å². The van der Waals surface area contributed by atoms with Gasteiger partial charge < -0.3 is 15.0 Å². The van der Waals surface area contributed by atoms with Gasteiger partial charge in [0.05, 0.1) is 23.0 Å². The maximum absolute atomic E-state index is 12.9. The molecular weight excluding hydrogens is 424 g/mol. The van der Waals surface area contributed by atoms with Crippen molar-refractivity contribution in [2.75, 3.05) is 32.8 Å². The van der Waals surface area contributed by atoms with Crippen molar-refractivity contribution >= 4 is 27.5 Å². The van der Waals surface area contributed by atoms with Crippen molar-refractivity contribution in [1.82, 2.24) is 20.2 Å². The summed E-state index contributed by atoms with van der Waals surface area (Å²) in [4.78, 5) is 36.7. The molecular formula is C24H30N4O3S. The van der Waals surface area contributed by atoms with Crippen LogP contribution in [0, 0.1) is 12.8 Å². The molecule has 170 valence electrons. The molecule has 3 heterocycles. The van der Waals surface area contributed by atoms with E-state index in [9.17, 15) is 9.59 Å². The largest absolute Gasteiger partial charge is 0.374 e. The first-order chi connectivity index (χ1) is 15.4. The molecule has 8 heteroatoms. The summed E-state index contributed by atoms with van der Waals surface area (Å²) in [5.74, 6) is 1.02. The first-order valence-corrected chi connectivity index (χ1v) is 11.9. The normalized spacial score (nSPS) is 17.2. The summed E-state index contributed by atoms with van der Waals surface area (Å²) in [6.45, 7) is 10.1. The van der Waals surface area contributed by atoms with Crippen LogP contribution in [0.15, 0.2) is 35.1 Å². The third-order valence-electron chi connectivity index (χ3n) is 5.61. The molecule has 1 aliphatic rings. The number of fused-ring (bicyclic) bond motifs is 1. The Morgan fingerprint density at radius 3 is 2.88 bits per heavy atom. The number of hydrogen-bond acceptors (Lipinski definition) is 6. The number of aromatic amines is 1. The van der Waals surface area contributed by atoms with Crippen LogP contribution in [0.1, 0.15) is 40.5 Å². The minimum Gasteiger partial charge on any atom is -0.374 e. The smallest absolute Gasteiger partial charge is 0.261 e. The van der Waals surface area contributed by atoms with E-state index in [4.69, 9.17) is 4.74 Å². The molecule has 1 saturated heterocycles. The van der Waals surface area contributed by atoms with Gasteiger partial charge in [-0.3, -0.25) is 14.5 Å². The van der Waals surface area contributed by atoms with Crippen molar-refractivity contribution in [3.8, 4) is 0 Å². The highest BCUT2D eigenvalue weighted by atomic mass is 32.1. The van der Waals surface area contributed by atoms with Gasteiger partial charge in [0.1, 0.15) is 10.7 Å². The molecule has 3 aromatic rings. The Balaban J connectivity index is 1.46. The molecule has 0 saturated carbocycles. The average molecular weight is 455 g/mol. The average Bonchev–Trinajstić information content (AvgIpc) is 3.09. The van der Waals surface area contributed by atoms with Gasteiger partial charge in [0.25, 0.3) is 11.5 Å². The van der Waals surface area contributed by atoms with E-state index in [0.29, 0.717) is 52.0 Å². The van der Waals surface area contributed by atoms with E-state index in [2.05, 4.69) is 34.0 Å². The number of carbonyl (C=O) groups excluding carboxylic acids is 1. The third kappa shape index (κ3) is 5.26. The van der Waals surface area contributed by atoms with Crippen molar-refractivity contribution in [3.63, 3.8) is 0 Å². The van der Waals surface area contributed by atoms with Crippen LogP contribution in [-0.4, -0.2) is 59.7 Å². The zero-order valence-corrected chi connectivity index (χ0v) is 19.6. The fraction of sp³-hybridized carbons (Fsp3) is 0.458. The molecule has 1 amide bonds. The quantitative estimate of drug-likeness (QED) is 0.573. The summed E-state index contributed by atoms with van der Waals surface area (Å²) in [5, 5.41) is 3.49. The van der Waals surface area contributed by atoms with Gasteiger partial charge in [-0.25, -0.2) is 4.98 Å². The molecule has 1 unspecified atom stereocenters. The van der Waals surface area contributed by atoms with Gasteiger partial charge in [0, 0.05) is 32.6 Å². The van der Waals surface area contributed by atoms with Crippen LogP contribution >= 0.6 is 11.3 Å². The van der Waals surface area contributed by atoms with E-state index in [1.54, 1.807) is 0 Å². The number of aromatic nitrogens is 2. The fourth-order valence-electron chi connectivity index (χ4n) is 4.15. The van der Waals surface area contributed by atoms with E-state index in [0.717, 1.165) is 25.2 Å². The van der Waals surface area contributed by atoms with Crippen molar-refractivity contribution in [3.05, 3.63) is 62.5 Å². The SMILES string of the molecule is Cc1c(C(=O)NCC2CN(CC(C)C)CCO2)sc2nc(Cc3ccccc3)[nH]c(=O)c12. The van der Waals surface area contributed by atoms with Crippen molar-refractivity contribution in [1.29, 1.82) is 0 Å². The number of thiophene rings is 1. The lowest BCUT2D eigenvalue weighted by Crippen LogP contribution is -2.48. The first kappa shape index (κ1) is 22.6. The minimum absolute atomic E-state index is 0.0277. The fourth-order valence-corrected chi connectivity index (χ4v) is 5.27. The van der Waals surface area contributed by atoms with Crippen LogP contribution in [0.25, 0.3) is 10.2 Å². The van der Waals surface area contributed by atoms with E-state index in [1.165, 1.54) is 11.3 Å². The summed E-state index contributed by atoms with van der Waals surface area (Å²) >= 11 is 1.27. The Morgan fingerprint density at radius 1 is 1.34 bits per heavy atom. The van der Waals surface area contributed by atoms with Gasteiger partial charge in [-0.15, -0.1) is 11.3 Å². The number of nitrogens with one attached hydrogen (secondary N) is 2. The zero-order valence-electron chi connectivity index (χ0n) is 18.8. The Morgan fingerprint density at radius 2 is 2.12 bits per heavy atom. The molecule has 2 N–H and O–H groups in total. The molecule has 2 aromatic heterocycles. The Bertz CT molecular complexity index is 1140. The maximum Gasteiger partial charge on any atom is 0.261 e. The highest BCUT2D eigenvalue weighted by Crippen LogP contribution is 2.27. The first-order valence-electron chi connectivity index (χ1n) is 11.1. The molecule has 0 radical (unpaired) electrons. The Labute approximate surface area is 191 Å². The van der Waals surface area contributed by atoms with Gasteiger partial charge in [0.15, 0.2) is 0 Å². The number of nitrogens with zero attached hydrogens (tertiary/aromatic N) is 2. The van der Waals surface area contributed by atoms with E-state index in [1.807, 2.05) is 37.3 Å². The molecule has 1 atom stereocenters. The monoisotopic (exact) mass is 454 g/mol. The summed E-state index contributed by atoms with van der Waals surface area (Å²) in [5.41, 5.74) is 1.54. The van der Waals surface area contributed by atoms with Gasteiger partial charge in [-0.05, 0) is 24.0 Å². The van der Waals surface area contributed by atoms with Crippen LogP contribution in [0.4, 0.5) is 0 Å². The number of carbonyl (C=O) groups is 1. The molecule has 32 heavy (non-hydrogen) atoms. The molecule has 1 aliphatic heterocycles. The molecule has 7 nitrogen and oxygen atoms in total. The standard InChI is InChI=1S/C24H30N4O3S/c1-15(2)13-28-9-10-31-18(14-28)12-25-23(30)21-16(3)20-22(29)26-19(27-24(20)32-21)11-17-7-5-4-6-8-17/h4-8,15,18H,9-14H2,1-3H3,(H,25,30)(H,26,27,29). The van der Waals surface area contributed by atoms with Crippen molar-refractivity contribution in [2.45, 2.75) is 33.3 Å². The third-order valence-corrected chi connectivity index (χ3v) is 6.79. The van der Waals surface area contributed by atoms with E-state index < -0.39 is 0 Å². The summed E-state index contributed by atoms with van der Waals surface area (Å²) in [6, 6.07) is 9.87. The summed E-state index contributed by atoms with van der Waals surface area (Å²) in [6.07, 6.45) is 0.510. The predicted octanol–water partition coefficient (Wildman–Crippen LogP) is 2.97. The number of H-pyrrole nitrogens is 1. The van der Waals surface area contributed by atoms with E-state index >= 15 is 0 Å². The van der Waals surface area contributed by atoms with Gasteiger partial charge >= 0.3 is 0 Å². The number of aryl methyl sites for hydroxylation is 1. The lowest BCUT2D eigenvalue weighted by molar-refractivity contribution is -0.0295. The Kier molecular flexibility index (Phi) is 7.03. The second-order valence-corrected chi connectivity index (χ2v) is 9.77. The van der Waals surface area contributed by atoms with Gasteiger partial charge in [-0.2, -0.15) is 0 Å². The second kappa shape index (κ2) is 9.94. The van der Waals surface area contributed by atoms with Crippen LogP contribution in [0.5, 0.6) is 0 Å². The second-order valence-electron chi connectivity index (χ2n) is 8.77. The zero-order chi connectivity index (χ0) is 22.7. The number of amides is 1. The van der Waals surface area contributed by atoms with Crippen LogP contribution < -0.4 is 10.9 Å². The Hall–Kier alpha value is -2.55. The molecule has 4 rings (SSSR count). The molecule has 0 spiro atoms. The lowest BCUT2D eigenvalue weighted by Gasteiger charge is -2.33. The summed E-state index contributed by atoms with van der Waals surface area (Å²) in [7, 11) is 0. The number of benzene rings is 1. The van der Waals surface area contributed by atoms with E-state index in [-0.39, 0.29) is 17.6 Å². The predicted molar refractivity (Wildman–Crippen MR) is 128 cm³/mol.